The zero-order valence-electron chi connectivity index (χ0n) is 30.4. The van der Waals surface area contributed by atoms with Gasteiger partial charge in [0.05, 0.1) is 27.7 Å². The third kappa shape index (κ3) is 7.75. The molecule has 5 heterocycles. The number of rotatable bonds is 9. The standard InChI is InChI=1S/C37H37ClF4N10O4/c1-3-28-32(49-12-14-50(15-13-49)36(56)31-33(54)21(2)43-20-44-31)34(55)30-35(51(28)19-29(53)45-27-9-6-23(16-26(27)38)37(40,41)42)47-52(46-30)25-7-4-22(5-8-25)17-48-11-10-24(39)18-48/h4-9,16,20,24,54H,3,10-15,17-19H2,1-2H3,(H,45,53)/t24-/m0/s1. The van der Waals surface area contributed by atoms with Crippen molar-refractivity contribution in [2.45, 2.75) is 52.1 Å². The number of nitrogens with zero attached hydrogens (tertiary/aromatic N) is 9. The lowest BCUT2D eigenvalue weighted by Gasteiger charge is -2.36. The number of carbonyl (C=O) groups is 2. The Morgan fingerprint density at radius 3 is 2.39 bits per heavy atom. The average molecular weight is 797 g/mol. The highest BCUT2D eigenvalue weighted by atomic mass is 35.5. The largest absolute Gasteiger partial charge is 0.504 e. The number of carbonyl (C=O) groups excluding carboxylic acids is 2. The molecule has 2 fully saturated rings. The zero-order chi connectivity index (χ0) is 39.9. The van der Waals surface area contributed by atoms with Crippen molar-refractivity contribution in [2.75, 3.05) is 49.5 Å². The van der Waals surface area contributed by atoms with Gasteiger partial charge in [-0.25, -0.2) is 14.4 Å². The van der Waals surface area contributed by atoms with Gasteiger partial charge in [-0.2, -0.15) is 13.2 Å². The first kappa shape index (κ1) is 38.6. The highest BCUT2D eigenvalue weighted by Crippen LogP contribution is 2.34. The Morgan fingerprint density at radius 1 is 1.02 bits per heavy atom. The van der Waals surface area contributed by atoms with E-state index in [-0.39, 0.29) is 77.3 Å². The fourth-order valence-electron chi connectivity index (χ4n) is 7.05. The van der Waals surface area contributed by atoms with Crippen LogP contribution >= 0.6 is 11.6 Å². The summed E-state index contributed by atoms with van der Waals surface area (Å²) in [7, 11) is 0. The number of hydrogen-bond donors (Lipinski definition) is 2. The van der Waals surface area contributed by atoms with Crippen LogP contribution in [-0.4, -0.2) is 102 Å². The molecule has 56 heavy (non-hydrogen) atoms. The van der Waals surface area contributed by atoms with Crippen molar-refractivity contribution in [2.24, 2.45) is 0 Å². The minimum absolute atomic E-state index is 0.0346. The molecule has 0 bridgehead atoms. The van der Waals surface area contributed by atoms with Gasteiger partial charge in [-0.1, -0.05) is 30.7 Å². The molecule has 2 aliphatic heterocycles. The molecular formula is C37H37ClF4N10O4. The average Bonchev–Trinajstić information content (AvgIpc) is 3.81. The van der Waals surface area contributed by atoms with Crippen molar-refractivity contribution in [1.29, 1.82) is 0 Å². The molecule has 2 saturated heterocycles. The van der Waals surface area contributed by atoms with Crippen LogP contribution in [0.1, 0.15) is 46.3 Å². The van der Waals surface area contributed by atoms with E-state index in [9.17, 15) is 37.1 Å². The second kappa shape index (κ2) is 15.5. The van der Waals surface area contributed by atoms with Gasteiger partial charge in [0.15, 0.2) is 22.6 Å². The third-order valence-corrected chi connectivity index (χ3v) is 10.3. The Hall–Kier alpha value is -5.62. The Morgan fingerprint density at radius 2 is 1.75 bits per heavy atom. The summed E-state index contributed by atoms with van der Waals surface area (Å²) in [6.45, 7) is 5.35. The number of piperazine rings is 1. The quantitative estimate of drug-likeness (QED) is 0.200. The molecular weight excluding hydrogens is 760 g/mol. The molecule has 19 heteroatoms. The van der Waals surface area contributed by atoms with E-state index in [4.69, 9.17) is 11.6 Å². The number of nitrogens with one attached hydrogen (secondary N) is 1. The Kier molecular flexibility index (Phi) is 10.7. The van der Waals surface area contributed by atoms with Crippen molar-refractivity contribution in [3.05, 3.63) is 92.2 Å². The molecule has 2 amide bonds. The summed E-state index contributed by atoms with van der Waals surface area (Å²) in [6.07, 6.45) is -3.51. The van der Waals surface area contributed by atoms with Crippen LogP contribution in [0.25, 0.3) is 16.9 Å². The molecule has 0 radical (unpaired) electrons. The molecule has 2 aromatic carbocycles. The second-order valence-electron chi connectivity index (χ2n) is 13.7. The van der Waals surface area contributed by atoms with Crippen molar-refractivity contribution >= 4 is 46.0 Å². The first-order chi connectivity index (χ1) is 26.7. The van der Waals surface area contributed by atoms with Crippen LogP contribution in [-0.2, 0) is 30.5 Å². The van der Waals surface area contributed by atoms with Gasteiger partial charge < -0.3 is 24.8 Å². The number of alkyl halides is 4. The summed E-state index contributed by atoms with van der Waals surface area (Å²) in [5, 5.41) is 21.9. The number of aromatic hydroxyl groups is 1. The highest BCUT2D eigenvalue weighted by molar-refractivity contribution is 6.33. The minimum atomic E-state index is -4.63. The molecule has 2 aliphatic rings. The van der Waals surface area contributed by atoms with E-state index in [1.807, 2.05) is 21.9 Å². The number of amides is 2. The van der Waals surface area contributed by atoms with E-state index in [0.717, 1.165) is 23.8 Å². The van der Waals surface area contributed by atoms with Crippen LogP contribution in [0.15, 0.2) is 53.6 Å². The normalized spacial score (nSPS) is 16.5. The fraction of sp³-hybridized carbons (Fsp3) is 0.378. The molecule has 0 saturated carbocycles. The van der Waals surface area contributed by atoms with Crippen LogP contribution in [0.4, 0.5) is 28.9 Å². The summed E-state index contributed by atoms with van der Waals surface area (Å²) in [5.74, 6) is -1.45. The molecule has 294 valence electrons. The minimum Gasteiger partial charge on any atom is -0.504 e. The number of aryl methyl sites for hydroxylation is 1. The third-order valence-electron chi connectivity index (χ3n) is 9.97. The Bertz CT molecular complexity index is 2360. The Balaban J connectivity index is 1.22. The summed E-state index contributed by atoms with van der Waals surface area (Å²) < 4.78 is 55.1. The topological polar surface area (TPSA) is 155 Å². The zero-order valence-corrected chi connectivity index (χ0v) is 31.1. The molecule has 2 N–H and O–H groups in total. The van der Waals surface area contributed by atoms with E-state index >= 15 is 0 Å². The smallest absolute Gasteiger partial charge is 0.416 e. The summed E-state index contributed by atoms with van der Waals surface area (Å²) in [5.41, 5.74) is 0.925. The highest BCUT2D eigenvalue weighted by Gasteiger charge is 2.32. The SMILES string of the molecule is CCc1c(N2CCN(C(=O)c3ncnc(C)c3O)CC2)c(=O)c2nn(-c3ccc(CN4CC[C@H](F)C4)cc3)nc2n1CC(=O)Nc1ccc(C(F)(F)F)cc1Cl. The molecule has 14 nitrogen and oxygen atoms in total. The van der Waals surface area contributed by atoms with Crippen LogP contribution in [0, 0.1) is 6.92 Å². The van der Waals surface area contributed by atoms with Crippen LogP contribution in [0.5, 0.6) is 5.75 Å². The van der Waals surface area contributed by atoms with Gasteiger partial charge in [-0.15, -0.1) is 15.0 Å². The molecule has 0 unspecified atom stereocenters. The van der Waals surface area contributed by atoms with E-state index in [2.05, 4.69) is 25.5 Å². The van der Waals surface area contributed by atoms with Gasteiger partial charge in [-0.3, -0.25) is 19.3 Å². The molecule has 0 aliphatic carbocycles. The van der Waals surface area contributed by atoms with Crippen LogP contribution < -0.4 is 15.6 Å². The first-order valence-electron chi connectivity index (χ1n) is 17.9. The molecule has 1 atom stereocenters. The number of anilines is 2. The predicted octanol–water partition coefficient (Wildman–Crippen LogP) is 4.77. The van der Waals surface area contributed by atoms with Gasteiger partial charge in [0.25, 0.3) is 5.91 Å². The summed E-state index contributed by atoms with van der Waals surface area (Å²) in [4.78, 5) is 55.8. The van der Waals surface area contributed by atoms with E-state index in [1.54, 1.807) is 30.5 Å². The monoisotopic (exact) mass is 796 g/mol. The van der Waals surface area contributed by atoms with Crippen molar-refractivity contribution in [3.63, 3.8) is 0 Å². The van der Waals surface area contributed by atoms with Gasteiger partial charge in [0, 0.05) is 51.5 Å². The summed E-state index contributed by atoms with van der Waals surface area (Å²) >= 11 is 6.15. The van der Waals surface area contributed by atoms with Crippen molar-refractivity contribution < 1.29 is 32.3 Å². The van der Waals surface area contributed by atoms with E-state index in [1.165, 1.54) is 16.0 Å². The van der Waals surface area contributed by atoms with Gasteiger partial charge >= 0.3 is 6.18 Å². The van der Waals surface area contributed by atoms with Crippen LogP contribution in [0.3, 0.4) is 0 Å². The number of pyridine rings is 1. The van der Waals surface area contributed by atoms with Crippen LogP contribution in [0.2, 0.25) is 5.02 Å². The molecule has 7 rings (SSSR count). The van der Waals surface area contributed by atoms with Crippen molar-refractivity contribution in [3.8, 4) is 11.4 Å². The lowest BCUT2D eigenvalue weighted by atomic mass is 10.1. The number of fused-ring (bicyclic) bond motifs is 1. The first-order valence-corrected chi connectivity index (χ1v) is 18.3. The van der Waals surface area contributed by atoms with Crippen molar-refractivity contribution in [1.82, 2.24) is 39.3 Å². The molecule has 0 spiro atoms. The fourth-order valence-corrected chi connectivity index (χ4v) is 7.28. The maximum absolute atomic E-state index is 14.4. The number of benzene rings is 2. The van der Waals surface area contributed by atoms with Gasteiger partial charge in [0.1, 0.15) is 24.7 Å². The second-order valence-corrected chi connectivity index (χ2v) is 14.1. The van der Waals surface area contributed by atoms with E-state index in [0.29, 0.717) is 37.4 Å². The summed E-state index contributed by atoms with van der Waals surface area (Å²) in [6, 6.07) is 9.90. The van der Waals surface area contributed by atoms with Gasteiger partial charge in [-0.05, 0) is 55.7 Å². The maximum atomic E-state index is 14.4. The maximum Gasteiger partial charge on any atom is 0.416 e. The molecule has 5 aromatic rings. The lowest BCUT2D eigenvalue weighted by molar-refractivity contribution is -0.137. The number of aromatic nitrogens is 6. The number of likely N-dealkylation sites (tertiary alicyclic amines) is 1. The number of hydrogen-bond acceptors (Lipinski definition) is 10. The predicted molar refractivity (Wildman–Crippen MR) is 199 cm³/mol. The Labute approximate surface area is 322 Å². The number of halogens is 5. The van der Waals surface area contributed by atoms with E-state index < -0.39 is 41.7 Å². The molecule has 3 aromatic heterocycles. The lowest BCUT2D eigenvalue weighted by Crippen LogP contribution is -2.50. The van der Waals surface area contributed by atoms with Gasteiger partial charge in [0.2, 0.25) is 11.3 Å².